The highest BCUT2D eigenvalue weighted by Gasteiger charge is 2.38. The number of alkyl halides is 1. The van der Waals surface area contributed by atoms with Crippen molar-refractivity contribution in [1.29, 1.82) is 0 Å². The fourth-order valence-electron chi connectivity index (χ4n) is 3.07. The number of allylic oxidation sites excluding steroid dienone is 2. The van der Waals surface area contributed by atoms with Crippen molar-refractivity contribution in [1.82, 2.24) is 0 Å². The molecular formula is C19H27ClO4. The van der Waals surface area contributed by atoms with Crippen LogP contribution < -0.4 is 0 Å². The summed E-state index contributed by atoms with van der Waals surface area (Å²) in [6.07, 6.45) is 9.72. The van der Waals surface area contributed by atoms with Gasteiger partial charge < -0.3 is 9.47 Å². The number of carbonyl (C=O) groups is 2. The highest BCUT2D eigenvalue weighted by molar-refractivity contribution is 6.20. The van der Waals surface area contributed by atoms with Crippen LogP contribution in [0.5, 0.6) is 0 Å². The van der Waals surface area contributed by atoms with Crippen LogP contribution in [0.1, 0.15) is 52.9 Å². The van der Waals surface area contributed by atoms with Crippen molar-refractivity contribution in [3.63, 3.8) is 0 Å². The second-order valence-corrected chi connectivity index (χ2v) is 8.22. The van der Waals surface area contributed by atoms with Gasteiger partial charge in [0, 0.05) is 5.38 Å². The van der Waals surface area contributed by atoms with Crippen molar-refractivity contribution in [2.45, 2.75) is 63.9 Å². The van der Waals surface area contributed by atoms with Crippen LogP contribution in [-0.4, -0.2) is 29.5 Å². The van der Waals surface area contributed by atoms with Crippen LogP contribution in [0.2, 0.25) is 0 Å². The monoisotopic (exact) mass is 354 g/mol. The van der Waals surface area contributed by atoms with E-state index in [1.54, 1.807) is 0 Å². The van der Waals surface area contributed by atoms with E-state index in [-0.39, 0.29) is 35.8 Å². The SMILES string of the molecule is CC(C)(C)OC(=O)C1C[C@@H](Cl)C[C@@H](C(=O)OCC2=CCCC=C2)C1. The number of carbonyl (C=O) groups excluding carboxylic acids is 2. The van der Waals surface area contributed by atoms with Gasteiger partial charge in [0.1, 0.15) is 12.2 Å². The number of hydrogen-bond acceptors (Lipinski definition) is 4. The minimum absolute atomic E-state index is 0.206. The Morgan fingerprint density at radius 1 is 1.12 bits per heavy atom. The molecule has 0 spiro atoms. The van der Waals surface area contributed by atoms with Crippen molar-refractivity contribution >= 4 is 23.5 Å². The van der Waals surface area contributed by atoms with E-state index >= 15 is 0 Å². The fourth-order valence-corrected chi connectivity index (χ4v) is 3.50. The van der Waals surface area contributed by atoms with Gasteiger partial charge in [-0.25, -0.2) is 0 Å². The van der Waals surface area contributed by atoms with Gasteiger partial charge in [-0.3, -0.25) is 9.59 Å². The highest BCUT2D eigenvalue weighted by atomic mass is 35.5. The molecule has 0 aromatic rings. The van der Waals surface area contributed by atoms with Gasteiger partial charge >= 0.3 is 11.9 Å². The molecule has 24 heavy (non-hydrogen) atoms. The fraction of sp³-hybridized carbons (Fsp3) is 0.684. The third-order valence-electron chi connectivity index (χ3n) is 4.18. The quantitative estimate of drug-likeness (QED) is 0.561. The minimum atomic E-state index is -0.536. The largest absolute Gasteiger partial charge is 0.461 e. The summed E-state index contributed by atoms with van der Waals surface area (Å²) in [5.41, 5.74) is 0.489. The van der Waals surface area contributed by atoms with Crippen molar-refractivity contribution in [2.75, 3.05) is 6.61 Å². The Morgan fingerprint density at radius 2 is 1.79 bits per heavy atom. The zero-order valence-electron chi connectivity index (χ0n) is 14.7. The molecule has 134 valence electrons. The molecule has 0 aromatic carbocycles. The molecule has 0 aromatic heterocycles. The zero-order valence-corrected chi connectivity index (χ0v) is 15.5. The average Bonchev–Trinajstić information content (AvgIpc) is 2.51. The first kappa shape index (κ1) is 19.0. The van der Waals surface area contributed by atoms with Gasteiger partial charge in [0.05, 0.1) is 11.8 Å². The van der Waals surface area contributed by atoms with Crippen molar-refractivity contribution < 1.29 is 19.1 Å². The zero-order chi connectivity index (χ0) is 17.7. The lowest BCUT2D eigenvalue weighted by atomic mass is 9.81. The first-order valence-electron chi connectivity index (χ1n) is 8.64. The Kier molecular flexibility index (Phi) is 6.50. The molecule has 1 fully saturated rings. The van der Waals surface area contributed by atoms with Gasteiger partial charge in [0.15, 0.2) is 0 Å². The molecule has 0 saturated heterocycles. The lowest BCUT2D eigenvalue weighted by molar-refractivity contribution is -0.163. The smallest absolute Gasteiger partial charge is 0.309 e. The maximum absolute atomic E-state index is 12.4. The van der Waals surface area contributed by atoms with Crippen molar-refractivity contribution in [3.8, 4) is 0 Å². The van der Waals surface area contributed by atoms with E-state index < -0.39 is 5.60 Å². The summed E-state index contributed by atoms with van der Waals surface area (Å²) in [6, 6.07) is 0. The highest BCUT2D eigenvalue weighted by Crippen LogP contribution is 2.34. The molecule has 2 aliphatic rings. The number of halogens is 1. The van der Waals surface area contributed by atoms with Gasteiger partial charge in [0.2, 0.25) is 0 Å². The topological polar surface area (TPSA) is 52.6 Å². The summed E-state index contributed by atoms with van der Waals surface area (Å²) in [4.78, 5) is 24.6. The Balaban J connectivity index is 1.89. The van der Waals surface area contributed by atoms with Crippen LogP contribution in [0.25, 0.3) is 0 Å². The number of rotatable bonds is 4. The van der Waals surface area contributed by atoms with Crippen LogP contribution in [-0.2, 0) is 19.1 Å². The molecule has 3 atom stereocenters. The van der Waals surface area contributed by atoms with Gasteiger partial charge in [0.25, 0.3) is 0 Å². The Labute approximate surface area is 149 Å². The molecule has 2 rings (SSSR count). The maximum Gasteiger partial charge on any atom is 0.309 e. The van der Waals surface area contributed by atoms with Crippen LogP contribution in [0.3, 0.4) is 0 Å². The summed E-state index contributed by atoms with van der Waals surface area (Å²) >= 11 is 6.28. The number of hydrogen-bond donors (Lipinski definition) is 0. The van der Waals surface area contributed by atoms with E-state index in [1.807, 2.05) is 26.8 Å². The summed E-state index contributed by atoms with van der Waals surface area (Å²) in [5, 5.41) is -0.206. The van der Waals surface area contributed by atoms with Crippen molar-refractivity contribution in [3.05, 3.63) is 23.8 Å². The molecule has 2 aliphatic carbocycles. The second-order valence-electron chi connectivity index (χ2n) is 7.60. The van der Waals surface area contributed by atoms with Gasteiger partial charge in [-0.2, -0.15) is 0 Å². The molecule has 0 amide bonds. The van der Waals surface area contributed by atoms with E-state index in [0.717, 1.165) is 18.4 Å². The van der Waals surface area contributed by atoms with E-state index in [4.69, 9.17) is 21.1 Å². The van der Waals surface area contributed by atoms with Crippen LogP contribution in [0.4, 0.5) is 0 Å². The Hall–Kier alpha value is -1.29. The molecule has 1 saturated carbocycles. The number of ether oxygens (including phenoxy) is 2. The lowest BCUT2D eigenvalue weighted by Crippen LogP contribution is -2.37. The minimum Gasteiger partial charge on any atom is -0.461 e. The average molecular weight is 355 g/mol. The Bertz CT molecular complexity index is 530. The summed E-state index contributed by atoms with van der Waals surface area (Å²) in [5.74, 6) is -1.23. The molecule has 1 unspecified atom stereocenters. The van der Waals surface area contributed by atoms with Crippen molar-refractivity contribution in [2.24, 2.45) is 11.8 Å². The molecule has 4 nitrogen and oxygen atoms in total. The summed E-state index contributed by atoms with van der Waals surface area (Å²) in [7, 11) is 0. The van der Waals surface area contributed by atoms with Gasteiger partial charge in [-0.05, 0) is 58.4 Å². The third kappa shape index (κ3) is 5.97. The maximum atomic E-state index is 12.4. The summed E-state index contributed by atoms with van der Waals surface area (Å²) < 4.78 is 10.9. The van der Waals surface area contributed by atoms with E-state index in [1.165, 1.54) is 0 Å². The molecule has 0 radical (unpaired) electrons. The molecule has 0 bridgehead atoms. The molecule has 0 heterocycles. The lowest BCUT2D eigenvalue weighted by Gasteiger charge is -2.31. The predicted molar refractivity (Wildman–Crippen MR) is 93.7 cm³/mol. The molecular weight excluding hydrogens is 328 g/mol. The first-order valence-corrected chi connectivity index (χ1v) is 9.07. The normalized spacial score (nSPS) is 27.3. The van der Waals surface area contributed by atoms with Crippen LogP contribution in [0, 0.1) is 11.8 Å². The summed E-state index contributed by atoms with van der Waals surface area (Å²) in [6.45, 7) is 5.80. The first-order chi connectivity index (χ1) is 11.2. The second kappa shape index (κ2) is 8.19. The van der Waals surface area contributed by atoms with Crippen LogP contribution in [0.15, 0.2) is 23.8 Å². The predicted octanol–water partition coefficient (Wildman–Crippen LogP) is 4.17. The standard InChI is InChI=1S/C19H27ClO4/c1-19(2,3)24-18(22)15-9-14(10-16(20)11-15)17(21)23-12-13-7-5-4-6-8-13/h5,7-8,14-16H,4,6,9-12H2,1-3H3/t14-,15?,16-/m0/s1. The van der Waals surface area contributed by atoms with E-state index in [2.05, 4.69) is 12.2 Å². The molecule has 0 aliphatic heterocycles. The Morgan fingerprint density at radius 3 is 2.38 bits per heavy atom. The van der Waals surface area contributed by atoms with E-state index in [9.17, 15) is 9.59 Å². The molecule has 0 N–H and O–H groups in total. The number of esters is 2. The van der Waals surface area contributed by atoms with Gasteiger partial charge in [-0.1, -0.05) is 18.2 Å². The van der Waals surface area contributed by atoms with Crippen LogP contribution >= 0.6 is 11.6 Å². The van der Waals surface area contributed by atoms with Gasteiger partial charge in [-0.15, -0.1) is 11.6 Å². The van der Waals surface area contributed by atoms with E-state index in [0.29, 0.717) is 19.3 Å². The molecule has 5 heteroatoms. The third-order valence-corrected chi connectivity index (χ3v) is 4.53.